The summed E-state index contributed by atoms with van der Waals surface area (Å²) in [5.41, 5.74) is 0.532. The minimum atomic E-state index is -0.144. The van der Waals surface area contributed by atoms with Gasteiger partial charge in [-0.15, -0.1) is 0 Å². The van der Waals surface area contributed by atoms with E-state index in [9.17, 15) is 9.59 Å². The zero-order valence-electron chi connectivity index (χ0n) is 14.9. The SMILES string of the molecule is C[C@@H]1CCCC[C@H]1NC(=O)CN(C)Cc1nc2ccccc2c(=O)[nH]1. The highest BCUT2D eigenvalue weighted by atomic mass is 16.2. The molecule has 1 aliphatic carbocycles. The number of H-pyrrole nitrogens is 1. The number of hydrogen-bond acceptors (Lipinski definition) is 4. The van der Waals surface area contributed by atoms with Gasteiger partial charge in [-0.1, -0.05) is 31.9 Å². The third kappa shape index (κ3) is 4.45. The Balaban J connectivity index is 1.59. The largest absolute Gasteiger partial charge is 0.352 e. The van der Waals surface area contributed by atoms with Gasteiger partial charge in [-0.05, 0) is 37.9 Å². The summed E-state index contributed by atoms with van der Waals surface area (Å²) in [6.45, 7) is 2.92. The van der Waals surface area contributed by atoms with Crippen LogP contribution in [0.15, 0.2) is 29.1 Å². The smallest absolute Gasteiger partial charge is 0.258 e. The van der Waals surface area contributed by atoms with Crippen LogP contribution in [0.2, 0.25) is 0 Å². The highest BCUT2D eigenvalue weighted by Crippen LogP contribution is 2.23. The van der Waals surface area contributed by atoms with Crippen LogP contribution in [0, 0.1) is 5.92 Å². The summed E-state index contributed by atoms with van der Waals surface area (Å²) in [5.74, 6) is 1.15. The molecule has 0 spiro atoms. The van der Waals surface area contributed by atoms with Gasteiger partial charge >= 0.3 is 0 Å². The zero-order chi connectivity index (χ0) is 17.8. The van der Waals surface area contributed by atoms with Gasteiger partial charge in [0, 0.05) is 6.04 Å². The average Bonchev–Trinajstić information content (AvgIpc) is 2.57. The third-order valence-electron chi connectivity index (χ3n) is 4.95. The van der Waals surface area contributed by atoms with Crippen molar-refractivity contribution in [3.05, 3.63) is 40.4 Å². The van der Waals surface area contributed by atoms with Crippen LogP contribution < -0.4 is 10.9 Å². The Hall–Kier alpha value is -2.21. The number of benzene rings is 1. The van der Waals surface area contributed by atoms with Gasteiger partial charge < -0.3 is 10.3 Å². The van der Waals surface area contributed by atoms with Crippen LogP contribution in [0.3, 0.4) is 0 Å². The van der Waals surface area contributed by atoms with Crippen LogP contribution in [-0.2, 0) is 11.3 Å². The first-order chi connectivity index (χ1) is 12.0. The number of aromatic amines is 1. The fourth-order valence-electron chi connectivity index (χ4n) is 3.55. The fraction of sp³-hybridized carbons (Fsp3) is 0.526. The van der Waals surface area contributed by atoms with Crippen LogP contribution in [-0.4, -0.2) is 40.4 Å². The Bertz CT molecular complexity index is 801. The molecule has 6 heteroatoms. The summed E-state index contributed by atoms with van der Waals surface area (Å²) in [5, 5.41) is 3.73. The molecule has 1 fully saturated rings. The number of rotatable bonds is 5. The molecule has 1 aromatic carbocycles. The summed E-state index contributed by atoms with van der Waals surface area (Å²) in [7, 11) is 1.86. The lowest BCUT2D eigenvalue weighted by atomic mass is 9.86. The van der Waals surface area contributed by atoms with E-state index in [2.05, 4.69) is 22.2 Å². The molecule has 2 aromatic rings. The first-order valence-electron chi connectivity index (χ1n) is 8.99. The molecule has 0 saturated heterocycles. The molecule has 2 atom stereocenters. The number of hydrogen-bond donors (Lipinski definition) is 2. The maximum absolute atomic E-state index is 12.3. The Labute approximate surface area is 147 Å². The van der Waals surface area contributed by atoms with Crippen LogP contribution in [0.5, 0.6) is 0 Å². The van der Waals surface area contributed by atoms with Crippen LogP contribution in [0.1, 0.15) is 38.4 Å². The molecule has 0 radical (unpaired) electrons. The quantitative estimate of drug-likeness (QED) is 0.872. The molecule has 1 aliphatic rings. The Morgan fingerprint density at radius 1 is 1.32 bits per heavy atom. The number of nitrogens with zero attached hydrogens (tertiary/aromatic N) is 2. The number of amides is 1. The third-order valence-corrected chi connectivity index (χ3v) is 4.95. The van der Waals surface area contributed by atoms with Crippen molar-refractivity contribution in [2.45, 2.75) is 45.2 Å². The van der Waals surface area contributed by atoms with E-state index >= 15 is 0 Å². The lowest BCUT2D eigenvalue weighted by Crippen LogP contribution is -2.45. The summed E-state index contributed by atoms with van der Waals surface area (Å²) >= 11 is 0. The van der Waals surface area contributed by atoms with Crippen molar-refractivity contribution in [3.8, 4) is 0 Å². The van der Waals surface area contributed by atoms with E-state index in [-0.39, 0.29) is 17.5 Å². The molecular formula is C19H26N4O2. The second-order valence-electron chi connectivity index (χ2n) is 7.14. The molecule has 0 unspecified atom stereocenters. The van der Waals surface area contributed by atoms with Gasteiger partial charge in [0.05, 0.1) is 24.0 Å². The summed E-state index contributed by atoms with van der Waals surface area (Å²) in [6, 6.07) is 7.55. The van der Waals surface area contributed by atoms with Gasteiger partial charge in [-0.2, -0.15) is 0 Å². The summed E-state index contributed by atoms with van der Waals surface area (Å²) < 4.78 is 0. The zero-order valence-corrected chi connectivity index (χ0v) is 14.9. The van der Waals surface area contributed by atoms with Crippen molar-refractivity contribution in [2.24, 2.45) is 5.92 Å². The molecule has 25 heavy (non-hydrogen) atoms. The maximum Gasteiger partial charge on any atom is 0.258 e. The van der Waals surface area contributed by atoms with E-state index in [1.54, 1.807) is 6.07 Å². The molecule has 6 nitrogen and oxygen atoms in total. The topological polar surface area (TPSA) is 78.1 Å². The van der Waals surface area contributed by atoms with Gasteiger partial charge in [-0.25, -0.2) is 4.98 Å². The average molecular weight is 342 g/mol. The molecule has 0 aliphatic heterocycles. The number of likely N-dealkylation sites (N-methyl/N-ethyl adjacent to an activating group) is 1. The number of nitrogens with one attached hydrogen (secondary N) is 2. The normalized spacial score (nSPS) is 20.8. The lowest BCUT2D eigenvalue weighted by Gasteiger charge is -2.30. The molecule has 1 amide bonds. The van der Waals surface area contributed by atoms with E-state index < -0.39 is 0 Å². The second kappa shape index (κ2) is 7.78. The van der Waals surface area contributed by atoms with Crippen molar-refractivity contribution in [3.63, 3.8) is 0 Å². The van der Waals surface area contributed by atoms with E-state index in [0.717, 1.165) is 6.42 Å². The van der Waals surface area contributed by atoms with Crippen molar-refractivity contribution < 1.29 is 4.79 Å². The van der Waals surface area contributed by atoms with E-state index in [1.807, 2.05) is 30.1 Å². The van der Waals surface area contributed by atoms with Crippen LogP contribution in [0.4, 0.5) is 0 Å². The van der Waals surface area contributed by atoms with Crippen molar-refractivity contribution in [2.75, 3.05) is 13.6 Å². The maximum atomic E-state index is 12.3. The first-order valence-corrected chi connectivity index (χ1v) is 8.99. The minimum Gasteiger partial charge on any atom is -0.352 e. The van der Waals surface area contributed by atoms with Gasteiger partial charge in [0.15, 0.2) is 0 Å². The van der Waals surface area contributed by atoms with Crippen molar-refractivity contribution in [1.29, 1.82) is 0 Å². The monoisotopic (exact) mass is 342 g/mol. The molecule has 2 N–H and O–H groups in total. The van der Waals surface area contributed by atoms with E-state index in [4.69, 9.17) is 0 Å². The Kier molecular flexibility index (Phi) is 5.48. The molecule has 1 heterocycles. The molecule has 0 bridgehead atoms. The predicted molar refractivity (Wildman–Crippen MR) is 98.3 cm³/mol. The van der Waals surface area contributed by atoms with Crippen LogP contribution in [0.25, 0.3) is 10.9 Å². The molecule has 1 aromatic heterocycles. The van der Waals surface area contributed by atoms with Gasteiger partial charge in [-0.3, -0.25) is 14.5 Å². The molecule has 1 saturated carbocycles. The highest BCUT2D eigenvalue weighted by Gasteiger charge is 2.23. The van der Waals surface area contributed by atoms with Crippen LogP contribution >= 0.6 is 0 Å². The van der Waals surface area contributed by atoms with Gasteiger partial charge in [0.2, 0.25) is 5.91 Å². The second-order valence-corrected chi connectivity index (χ2v) is 7.14. The predicted octanol–water partition coefficient (Wildman–Crippen LogP) is 2.05. The van der Waals surface area contributed by atoms with Crippen molar-refractivity contribution in [1.82, 2.24) is 20.2 Å². The van der Waals surface area contributed by atoms with Crippen molar-refractivity contribution >= 4 is 16.8 Å². The minimum absolute atomic E-state index is 0.0318. The lowest BCUT2D eigenvalue weighted by molar-refractivity contribution is -0.123. The number of carbonyl (C=O) groups excluding carboxylic acids is 1. The Morgan fingerprint density at radius 2 is 2.08 bits per heavy atom. The van der Waals surface area contributed by atoms with Gasteiger partial charge in [0.25, 0.3) is 5.56 Å². The molecule has 3 rings (SSSR count). The van der Waals surface area contributed by atoms with Gasteiger partial charge in [0.1, 0.15) is 5.82 Å². The highest BCUT2D eigenvalue weighted by molar-refractivity contribution is 5.78. The van der Waals surface area contributed by atoms with E-state index in [0.29, 0.717) is 35.7 Å². The molecule has 134 valence electrons. The standard InChI is InChI=1S/C19H26N4O2/c1-13-7-3-5-9-15(13)21-18(24)12-23(2)11-17-20-16-10-6-4-8-14(16)19(25)22-17/h4,6,8,10,13,15H,3,5,7,9,11-12H2,1-2H3,(H,21,24)(H,20,22,25)/t13-,15-/m1/s1. The number of para-hydroxylation sites is 1. The number of fused-ring (bicyclic) bond motifs is 1. The molecular weight excluding hydrogens is 316 g/mol. The van der Waals surface area contributed by atoms with E-state index in [1.165, 1.54) is 19.3 Å². The number of carbonyl (C=O) groups is 1. The Morgan fingerprint density at radius 3 is 2.88 bits per heavy atom. The summed E-state index contributed by atoms with van der Waals surface area (Å²) in [6.07, 6.45) is 4.70. The fourth-order valence-corrected chi connectivity index (χ4v) is 3.55. The summed E-state index contributed by atoms with van der Waals surface area (Å²) in [4.78, 5) is 33.6. The number of aromatic nitrogens is 2. The first kappa shape index (κ1) is 17.6.